The molecular weight excluding hydrogens is 250 g/mol. The van der Waals surface area contributed by atoms with Crippen LogP contribution < -0.4 is 10.6 Å². The third-order valence-electron chi connectivity index (χ3n) is 3.96. The monoisotopic (exact) mass is 275 g/mol. The molecule has 20 heavy (non-hydrogen) atoms. The second kappa shape index (κ2) is 6.75. The van der Waals surface area contributed by atoms with Gasteiger partial charge in [0.25, 0.3) is 0 Å². The van der Waals surface area contributed by atoms with Gasteiger partial charge in [-0.2, -0.15) is 0 Å². The predicted octanol–water partition coefficient (Wildman–Crippen LogP) is 1.77. The molecule has 0 saturated carbocycles. The highest BCUT2D eigenvalue weighted by molar-refractivity contribution is 5.81. The van der Waals surface area contributed by atoms with E-state index in [-0.39, 0.29) is 11.9 Å². The van der Waals surface area contributed by atoms with Crippen molar-refractivity contribution in [3.8, 4) is 0 Å². The number of carbonyl (C=O) groups excluding carboxylic acids is 1. The van der Waals surface area contributed by atoms with Crippen LogP contribution in [0, 0.1) is 6.92 Å². The fraction of sp³-hybridized carbons (Fsp3) is 0.562. The summed E-state index contributed by atoms with van der Waals surface area (Å²) < 4.78 is 0. The molecule has 1 unspecified atom stereocenters. The summed E-state index contributed by atoms with van der Waals surface area (Å²) in [6.45, 7) is 7.49. The number of amides is 1. The molecule has 1 amide bonds. The van der Waals surface area contributed by atoms with E-state index < -0.39 is 0 Å². The van der Waals surface area contributed by atoms with E-state index in [1.165, 1.54) is 11.3 Å². The minimum absolute atomic E-state index is 0.108. The van der Waals surface area contributed by atoms with Gasteiger partial charge >= 0.3 is 0 Å². The molecule has 1 aliphatic heterocycles. The molecular formula is C16H25N3O. The second-order valence-corrected chi connectivity index (χ2v) is 5.49. The van der Waals surface area contributed by atoms with Gasteiger partial charge in [-0.25, -0.2) is 0 Å². The molecule has 1 fully saturated rings. The highest BCUT2D eigenvalue weighted by Gasteiger charge is 2.25. The minimum atomic E-state index is -0.329. The Morgan fingerprint density at radius 3 is 2.50 bits per heavy atom. The lowest BCUT2D eigenvalue weighted by atomic mass is 10.1. The van der Waals surface area contributed by atoms with Gasteiger partial charge in [0.05, 0.1) is 6.04 Å². The van der Waals surface area contributed by atoms with Crippen LogP contribution in [0.3, 0.4) is 0 Å². The molecule has 4 heteroatoms. The second-order valence-electron chi connectivity index (χ2n) is 5.49. The quantitative estimate of drug-likeness (QED) is 0.911. The standard InChI is InChI=1S/C16H25N3O/c1-3-6-14(17)16(20)19-11-9-18(10-12-19)15-8-5-4-7-13(15)2/h4-5,7-8,14H,3,6,9-12,17H2,1-2H3. The molecule has 0 aliphatic carbocycles. The van der Waals surface area contributed by atoms with Crippen LogP contribution in [0.5, 0.6) is 0 Å². The highest BCUT2D eigenvalue weighted by atomic mass is 16.2. The van der Waals surface area contributed by atoms with Crippen molar-refractivity contribution in [1.29, 1.82) is 0 Å². The lowest BCUT2D eigenvalue weighted by Crippen LogP contribution is -2.53. The minimum Gasteiger partial charge on any atom is -0.368 e. The molecule has 2 rings (SSSR count). The van der Waals surface area contributed by atoms with E-state index in [1.54, 1.807) is 0 Å². The van der Waals surface area contributed by atoms with Crippen molar-refractivity contribution >= 4 is 11.6 Å². The SMILES string of the molecule is CCCC(N)C(=O)N1CCN(c2ccccc2C)CC1. The summed E-state index contributed by atoms with van der Waals surface area (Å²) in [4.78, 5) is 16.4. The topological polar surface area (TPSA) is 49.6 Å². The Labute approximate surface area is 121 Å². The average Bonchev–Trinajstić information content (AvgIpc) is 2.47. The zero-order valence-corrected chi connectivity index (χ0v) is 12.5. The molecule has 1 aromatic rings. The maximum absolute atomic E-state index is 12.2. The van der Waals surface area contributed by atoms with Crippen LogP contribution >= 0.6 is 0 Å². The van der Waals surface area contributed by atoms with Gasteiger partial charge in [-0.05, 0) is 25.0 Å². The Bertz CT molecular complexity index is 453. The van der Waals surface area contributed by atoms with Gasteiger partial charge < -0.3 is 15.5 Å². The molecule has 1 atom stereocenters. The number of benzene rings is 1. The van der Waals surface area contributed by atoms with Crippen LogP contribution in [0.2, 0.25) is 0 Å². The number of aryl methyl sites for hydroxylation is 1. The summed E-state index contributed by atoms with van der Waals surface area (Å²) in [5.74, 6) is 0.108. The van der Waals surface area contributed by atoms with Crippen LogP contribution in [0.1, 0.15) is 25.3 Å². The van der Waals surface area contributed by atoms with E-state index in [0.29, 0.717) is 0 Å². The van der Waals surface area contributed by atoms with Gasteiger partial charge in [0.15, 0.2) is 0 Å². The third kappa shape index (κ3) is 3.31. The number of hydrogen-bond donors (Lipinski definition) is 1. The van der Waals surface area contributed by atoms with Crippen molar-refractivity contribution in [1.82, 2.24) is 4.90 Å². The van der Waals surface area contributed by atoms with Crippen molar-refractivity contribution in [2.45, 2.75) is 32.7 Å². The van der Waals surface area contributed by atoms with Gasteiger partial charge in [-0.1, -0.05) is 31.5 Å². The molecule has 4 nitrogen and oxygen atoms in total. The molecule has 1 heterocycles. The molecule has 110 valence electrons. The Morgan fingerprint density at radius 1 is 1.25 bits per heavy atom. The molecule has 1 aromatic carbocycles. The van der Waals surface area contributed by atoms with Gasteiger partial charge in [0, 0.05) is 31.9 Å². The first-order chi connectivity index (χ1) is 9.63. The normalized spacial score (nSPS) is 17.1. The molecule has 0 radical (unpaired) electrons. The van der Waals surface area contributed by atoms with Crippen molar-refractivity contribution in [3.63, 3.8) is 0 Å². The zero-order valence-electron chi connectivity index (χ0n) is 12.5. The van der Waals surface area contributed by atoms with Gasteiger partial charge in [0.2, 0.25) is 5.91 Å². The smallest absolute Gasteiger partial charge is 0.239 e. The van der Waals surface area contributed by atoms with Crippen LogP contribution in [-0.4, -0.2) is 43.0 Å². The number of rotatable bonds is 4. The van der Waals surface area contributed by atoms with Crippen molar-refractivity contribution < 1.29 is 4.79 Å². The molecule has 0 bridgehead atoms. The first kappa shape index (κ1) is 14.9. The summed E-state index contributed by atoms with van der Waals surface area (Å²) in [5, 5.41) is 0. The van der Waals surface area contributed by atoms with E-state index in [4.69, 9.17) is 5.73 Å². The summed E-state index contributed by atoms with van der Waals surface area (Å²) in [5.41, 5.74) is 8.49. The largest absolute Gasteiger partial charge is 0.368 e. The first-order valence-corrected chi connectivity index (χ1v) is 7.48. The molecule has 1 aliphatic rings. The summed E-state index contributed by atoms with van der Waals surface area (Å²) in [7, 11) is 0. The molecule has 0 aromatic heterocycles. The summed E-state index contributed by atoms with van der Waals surface area (Å²) in [6.07, 6.45) is 1.73. The Kier molecular flexibility index (Phi) is 5.01. The Morgan fingerprint density at radius 2 is 1.90 bits per heavy atom. The van der Waals surface area contributed by atoms with E-state index in [0.717, 1.165) is 39.0 Å². The summed E-state index contributed by atoms with van der Waals surface area (Å²) >= 11 is 0. The number of nitrogens with two attached hydrogens (primary N) is 1. The Hall–Kier alpha value is -1.55. The maximum Gasteiger partial charge on any atom is 0.239 e. The average molecular weight is 275 g/mol. The number of piperazine rings is 1. The zero-order chi connectivity index (χ0) is 14.5. The number of carbonyl (C=O) groups is 1. The number of hydrogen-bond acceptors (Lipinski definition) is 3. The predicted molar refractivity (Wildman–Crippen MR) is 82.9 cm³/mol. The first-order valence-electron chi connectivity index (χ1n) is 7.48. The fourth-order valence-corrected chi connectivity index (χ4v) is 2.75. The lowest BCUT2D eigenvalue weighted by molar-refractivity contribution is -0.133. The van der Waals surface area contributed by atoms with Gasteiger partial charge in [0.1, 0.15) is 0 Å². The highest BCUT2D eigenvalue weighted by Crippen LogP contribution is 2.21. The number of nitrogens with zero attached hydrogens (tertiary/aromatic N) is 2. The van der Waals surface area contributed by atoms with Crippen LogP contribution in [0.25, 0.3) is 0 Å². The lowest BCUT2D eigenvalue weighted by Gasteiger charge is -2.37. The number of anilines is 1. The number of para-hydroxylation sites is 1. The van der Waals surface area contributed by atoms with E-state index in [1.807, 2.05) is 4.90 Å². The van der Waals surface area contributed by atoms with E-state index in [2.05, 4.69) is 43.0 Å². The third-order valence-corrected chi connectivity index (χ3v) is 3.96. The van der Waals surface area contributed by atoms with Crippen molar-refractivity contribution in [2.24, 2.45) is 5.73 Å². The van der Waals surface area contributed by atoms with Crippen LogP contribution in [0.15, 0.2) is 24.3 Å². The van der Waals surface area contributed by atoms with Gasteiger partial charge in [-0.3, -0.25) is 4.79 Å². The van der Waals surface area contributed by atoms with E-state index >= 15 is 0 Å². The maximum atomic E-state index is 12.2. The van der Waals surface area contributed by atoms with Crippen LogP contribution in [0.4, 0.5) is 5.69 Å². The van der Waals surface area contributed by atoms with E-state index in [9.17, 15) is 4.79 Å². The Balaban J connectivity index is 1.93. The molecule has 0 spiro atoms. The van der Waals surface area contributed by atoms with Crippen molar-refractivity contribution in [3.05, 3.63) is 29.8 Å². The van der Waals surface area contributed by atoms with Gasteiger partial charge in [-0.15, -0.1) is 0 Å². The van der Waals surface area contributed by atoms with Crippen LogP contribution in [-0.2, 0) is 4.79 Å². The molecule has 1 saturated heterocycles. The summed E-state index contributed by atoms with van der Waals surface area (Å²) in [6, 6.07) is 8.07. The molecule has 2 N–H and O–H groups in total. The fourth-order valence-electron chi connectivity index (χ4n) is 2.75. The van der Waals surface area contributed by atoms with Crippen molar-refractivity contribution in [2.75, 3.05) is 31.1 Å².